The molecule has 0 spiro atoms. The molecule has 0 aromatic heterocycles. The second kappa shape index (κ2) is 15.3. The Morgan fingerprint density at radius 2 is 1.32 bits per heavy atom. The summed E-state index contributed by atoms with van der Waals surface area (Å²) >= 11 is 0. The van der Waals surface area contributed by atoms with Crippen LogP contribution in [0.15, 0.2) is 60.7 Å². The lowest BCUT2D eigenvalue weighted by Crippen LogP contribution is -2.27. The first-order valence-corrected chi connectivity index (χ1v) is 14.8. The zero-order valence-corrected chi connectivity index (χ0v) is 24.0. The summed E-state index contributed by atoms with van der Waals surface area (Å²) in [5.41, 5.74) is 1.45. The number of aryl methyl sites for hydroxylation is 1. The van der Waals surface area contributed by atoms with Crippen LogP contribution in [-0.2, 0) is 15.9 Å². The van der Waals surface area contributed by atoms with Crippen molar-refractivity contribution in [2.75, 3.05) is 13.2 Å². The van der Waals surface area contributed by atoms with Crippen LogP contribution in [0.3, 0.4) is 0 Å². The normalized spacial score (nSPS) is 17.4. The molecule has 1 fully saturated rings. The summed E-state index contributed by atoms with van der Waals surface area (Å²) in [5.74, 6) is -3.50. The van der Waals surface area contributed by atoms with E-state index in [1.54, 1.807) is 36.4 Å². The van der Waals surface area contributed by atoms with Gasteiger partial charge in [0.2, 0.25) is 0 Å². The van der Waals surface area contributed by atoms with Gasteiger partial charge in [0.1, 0.15) is 0 Å². The van der Waals surface area contributed by atoms with Crippen molar-refractivity contribution in [3.63, 3.8) is 0 Å². The molecular formula is C35H40F4O2. The molecule has 3 aromatic carbocycles. The summed E-state index contributed by atoms with van der Waals surface area (Å²) in [6, 6.07) is 12.5. The van der Waals surface area contributed by atoms with Crippen molar-refractivity contribution < 1.29 is 27.0 Å². The van der Waals surface area contributed by atoms with Gasteiger partial charge in [0, 0.05) is 22.6 Å². The summed E-state index contributed by atoms with van der Waals surface area (Å²) in [4.78, 5) is 0. The minimum atomic E-state index is -1.01. The molecule has 0 atom stereocenters. The number of hydrogen-bond donors (Lipinski definition) is 0. The molecule has 41 heavy (non-hydrogen) atoms. The molecule has 4 rings (SSSR count). The summed E-state index contributed by atoms with van der Waals surface area (Å²) in [7, 11) is 0. The van der Waals surface area contributed by atoms with Crippen molar-refractivity contribution in [3.05, 3.63) is 95.1 Å². The largest absolute Gasteiger partial charge is 0.348 e. The zero-order valence-electron chi connectivity index (χ0n) is 24.0. The number of halogens is 4. The van der Waals surface area contributed by atoms with Gasteiger partial charge < -0.3 is 9.47 Å². The Bertz CT molecular complexity index is 1290. The highest BCUT2D eigenvalue weighted by Gasteiger charge is 2.28. The first kappa shape index (κ1) is 31.0. The fourth-order valence-corrected chi connectivity index (χ4v) is 5.31. The standard InChI is InChI=1S/C35H40F4O2/c1-3-5-7-9-10-12-24-22-40-35(41-23-24)30-21-20-29(33(38)34(30)39)26-16-14-25(15-17-26)28-19-18-27(31(36)32(28)37)13-11-8-6-4-2/h4,6,14-21,24,35H,3,5,7-13,22-23H2,1-2H3. The zero-order chi connectivity index (χ0) is 29.2. The maximum Gasteiger partial charge on any atom is 0.186 e. The van der Waals surface area contributed by atoms with Gasteiger partial charge in [0.25, 0.3) is 0 Å². The van der Waals surface area contributed by atoms with Crippen LogP contribution >= 0.6 is 0 Å². The van der Waals surface area contributed by atoms with E-state index >= 15 is 8.78 Å². The van der Waals surface area contributed by atoms with Gasteiger partial charge in [0.15, 0.2) is 29.6 Å². The Hall–Kier alpha value is -2.96. The van der Waals surface area contributed by atoms with Crippen molar-refractivity contribution in [1.29, 1.82) is 0 Å². The summed E-state index contributed by atoms with van der Waals surface area (Å²) < 4.78 is 71.4. The Morgan fingerprint density at radius 3 is 1.95 bits per heavy atom. The Kier molecular flexibility index (Phi) is 11.6. The van der Waals surface area contributed by atoms with Gasteiger partial charge in [-0.25, -0.2) is 17.6 Å². The van der Waals surface area contributed by atoms with Crippen LogP contribution < -0.4 is 0 Å². The molecular weight excluding hydrogens is 528 g/mol. The van der Waals surface area contributed by atoms with Crippen LogP contribution in [0, 0.1) is 29.2 Å². The smallest absolute Gasteiger partial charge is 0.186 e. The molecule has 1 heterocycles. The van der Waals surface area contributed by atoms with Crippen molar-refractivity contribution in [2.45, 2.75) is 77.9 Å². The molecule has 0 aliphatic carbocycles. The van der Waals surface area contributed by atoms with Crippen molar-refractivity contribution >= 4 is 0 Å². The highest BCUT2D eigenvalue weighted by Crippen LogP contribution is 2.35. The van der Waals surface area contributed by atoms with Crippen LogP contribution in [0.1, 0.15) is 82.6 Å². The molecule has 3 aromatic rings. The number of allylic oxidation sites excluding steroid dienone is 2. The van der Waals surface area contributed by atoms with Crippen LogP contribution in [-0.4, -0.2) is 13.2 Å². The Balaban J connectivity index is 1.40. The van der Waals surface area contributed by atoms with E-state index in [0.717, 1.165) is 25.7 Å². The lowest BCUT2D eigenvalue weighted by Gasteiger charge is -2.30. The van der Waals surface area contributed by atoms with Crippen molar-refractivity contribution in [3.8, 4) is 22.3 Å². The monoisotopic (exact) mass is 568 g/mol. The molecule has 1 aliphatic heterocycles. The highest BCUT2D eigenvalue weighted by atomic mass is 19.2. The molecule has 0 amide bonds. The quantitative estimate of drug-likeness (QED) is 0.116. The molecule has 1 aliphatic rings. The van der Waals surface area contributed by atoms with Gasteiger partial charge >= 0.3 is 0 Å². The van der Waals surface area contributed by atoms with Gasteiger partial charge in [0.05, 0.1) is 13.2 Å². The van der Waals surface area contributed by atoms with Gasteiger partial charge in [-0.05, 0) is 49.3 Å². The number of benzene rings is 3. The summed E-state index contributed by atoms with van der Waals surface area (Å²) in [6.45, 7) is 5.02. The molecule has 1 saturated heterocycles. The maximum atomic E-state index is 15.2. The molecule has 2 nitrogen and oxygen atoms in total. The number of ether oxygens (including phenoxy) is 2. The fraction of sp³-hybridized carbons (Fsp3) is 0.429. The third-order valence-electron chi connectivity index (χ3n) is 7.77. The lowest BCUT2D eigenvalue weighted by atomic mass is 9.96. The van der Waals surface area contributed by atoms with Crippen molar-refractivity contribution in [2.24, 2.45) is 5.92 Å². The van der Waals surface area contributed by atoms with Gasteiger partial charge in [-0.2, -0.15) is 0 Å². The molecule has 0 N–H and O–H groups in total. The van der Waals surface area contributed by atoms with E-state index in [0.29, 0.717) is 36.3 Å². The third-order valence-corrected chi connectivity index (χ3v) is 7.77. The maximum absolute atomic E-state index is 15.2. The topological polar surface area (TPSA) is 18.5 Å². The first-order chi connectivity index (χ1) is 19.9. The second-order valence-corrected chi connectivity index (χ2v) is 10.8. The fourth-order valence-electron chi connectivity index (χ4n) is 5.31. The average Bonchev–Trinajstić information content (AvgIpc) is 2.99. The molecule has 0 bridgehead atoms. The van der Waals surface area contributed by atoms with E-state index in [2.05, 4.69) is 6.92 Å². The van der Waals surface area contributed by atoms with Crippen molar-refractivity contribution in [1.82, 2.24) is 0 Å². The van der Waals surface area contributed by atoms with Crippen LogP contribution in [0.5, 0.6) is 0 Å². The predicted octanol–water partition coefficient (Wildman–Crippen LogP) is 10.5. The minimum Gasteiger partial charge on any atom is -0.348 e. The van der Waals surface area contributed by atoms with E-state index in [1.807, 2.05) is 19.1 Å². The van der Waals surface area contributed by atoms with Crippen LogP contribution in [0.2, 0.25) is 0 Å². The summed E-state index contributed by atoms with van der Waals surface area (Å²) in [6.07, 6.45) is 11.9. The van der Waals surface area contributed by atoms with Gasteiger partial charge in [-0.3, -0.25) is 0 Å². The Morgan fingerprint density at radius 1 is 0.707 bits per heavy atom. The molecule has 0 radical (unpaired) electrons. The van der Waals surface area contributed by atoms with Gasteiger partial charge in [-0.15, -0.1) is 0 Å². The molecule has 220 valence electrons. The molecule has 6 heteroatoms. The molecule has 0 unspecified atom stereocenters. The predicted molar refractivity (Wildman–Crippen MR) is 156 cm³/mol. The lowest BCUT2D eigenvalue weighted by molar-refractivity contribution is -0.207. The van der Waals surface area contributed by atoms with Gasteiger partial charge in [-0.1, -0.05) is 99.7 Å². The van der Waals surface area contributed by atoms with E-state index in [1.165, 1.54) is 37.8 Å². The van der Waals surface area contributed by atoms with E-state index < -0.39 is 29.6 Å². The number of unbranched alkanes of at least 4 members (excludes halogenated alkanes) is 5. The molecule has 0 saturated carbocycles. The van der Waals surface area contributed by atoms with Crippen LogP contribution in [0.25, 0.3) is 22.3 Å². The second-order valence-electron chi connectivity index (χ2n) is 10.8. The summed E-state index contributed by atoms with van der Waals surface area (Å²) in [5, 5.41) is 0. The highest BCUT2D eigenvalue weighted by molar-refractivity contribution is 5.71. The van der Waals surface area contributed by atoms with E-state index in [4.69, 9.17) is 9.47 Å². The van der Waals surface area contributed by atoms with Crippen LogP contribution in [0.4, 0.5) is 17.6 Å². The minimum absolute atomic E-state index is 0.0348. The average molecular weight is 569 g/mol. The first-order valence-electron chi connectivity index (χ1n) is 14.8. The number of hydrogen-bond acceptors (Lipinski definition) is 2. The van der Waals surface area contributed by atoms with E-state index in [-0.39, 0.29) is 22.6 Å². The Labute approximate surface area is 241 Å². The number of rotatable bonds is 13. The SMILES string of the molecule is CC=CCCCc1ccc(-c2ccc(-c3ccc(C4OCC(CCCCCCC)CO4)c(F)c3F)cc2)c(F)c1F. The third kappa shape index (κ3) is 7.87. The van der Waals surface area contributed by atoms with E-state index in [9.17, 15) is 8.78 Å².